The number of aryl methyl sites for hydroxylation is 1. The number of carbonyl (C=O) groups excluding carboxylic acids is 1. The van der Waals surface area contributed by atoms with Crippen LogP contribution in [0.5, 0.6) is 0 Å². The van der Waals surface area contributed by atoms with Crippen molar-refractivity contribution in [1.82, 2.24) is 0 Å². The third-order valence-electron chi connectivity index (χ3n) is 2.32. The molecule has 0 saturated heterocycles. The van der Waals surface area contributed by atoms with E-state index in [1.54, 1.807) is 0 Å². The molecule has 0 unspecified atom stereocenters. The van der Waals surface area contributed by atoms with Gasteiger partial charge in [0.1, 0.15) is 0 Å². The van der Waals surface area contributed by atoms with Gasteiger partial charge in [-0.3, -0.25) is 0 Å². The van der Waals surface area contributed by atoms with E-state index in [0.29, 0.717) is 0 Å². The number of carboxylic acids is 2. The predicted molar refractivity (Wildman–Crippen MR) is 68.9 cm³/mol. The van der Waals surface area contributed by atoms with E-state index in [-0.39, 0.29) is 40.7 Å². The smallest absolute Gasteiger partial charge is 0.545 e. The minimum Gasteiger partial charge on any atom is -0.545 e. The van der Waals surface area contributed by atoms with Gasteiger partial charge in [-0.15, -0.1) is 0 Å². The Morgan fingerprint density at radius 2 is 1.35 bits per heavy atom. The third-order valence-corrected chi connectivity index (χ3v) is 2.32. The van der Waals surface area contributed by atoms with Gasteiger partial charge in [-0.25, -0.2) is 4.79 Å². The summed E-state index contributed by atoms with van der Waals surface area (Å²) >= 11 is 0. The van der Waals surface area contributed by atoms with E-state index in [0.717, 1.165) is 0 Å². The van der Waals surface area contributed by atoms with Crippen LogP contribution in [0.3, 0.4) is 0 Å². The Kier molecular flexibility index (Phi) is 8.56. The zero-order chi connectivity index (χ0) is 14.3. The van der Waals surface area contributed by atoms with Crippen LogP contribution in [0.25, 0.3) is 0 Å². The van der Waals surface area contributed by atoms with Gasteiger partial charge in [-0.2, -0.15) is 0 Å². The van der Waals surface area contributed by atoms with E-state index in [1.165, 1.54) is 29.8 Å². The van der Waals surface area contributed by atoms with Gasteiger partial charge in [0.05, 0.1) is 11.5 Å². The quantitative estimate of drug-likeness (QED) is 0.697. The summed E-state index contributed by atoms with van der Waals surface area (Å²) < 4.78 is 0. The van der Waals surface area contributed by atoms with Gasteiger partial charge in [0, 0.05) is 5.56 Å². The van der Waals surface area contributed by atoms with Crippen LogP contribution in [0, 0.1) is 6.92 Å². The van der Waals surface area contributed by atoms with Crippen LogP contribution in [0.15, 0.2) is 54.6 Å². The van der Waals surface area contributed by atoms with Crippen molar-refractivity contribution in [2.45, 2.75) is 6.92 Å². The molecule has 0 aliphatic carbocycles. The average molecular weight is 280 g/mol. The van der Waals surface area contributed by atoms with Gasteiger partial charge in [-0.05, 0) is 13.0 Å². The van der Waals surface area contributed by atoms with E-state index >= 15 is 0 Å². The number of aromatic carboxylic acids is 2. The summed E-state index contributed by atoms with van der Waals surface area (Å²) in [6.07, 6.45) is 0. The Hall–Kier alpha value is -1.62. The second-order valence-electron chi connectivity index (χ2n) is 3.79. The van der Waals surface area contributed by atoms with Gasteiger partial charge in [0.2, 0.25) is 0 Å². The third kappa shape index (κ3) is 6.02. The first kappa shape index (κ1) is 18.4. The van der Waals surface area contributed by atoms with Crippen LogP contribution in [-0.2, 0) is 0 Å². The molecule has 0 radical (unpaired) electrons. The molecule has 20 heavy (non-hydrogen) atoms. The van der Waals surface area contributed by atoms with Crippen molar-refractivity contribution in [1.29, 1.82) is 0 Å². The van der Waals surface area contributed by atoms with Crippen molar-refractivity contribution < 1.29 is 49.4 Å². The molecule has 0 aromatic heterocycles. The molecule has 2 aromatic rings. The number of rotatable bonds is 2. The molecule has 0 aliphatic rings. The maximum absolute atomic E-state index is 10.4. The van der Waals surface area contributed by atoms with Crippen molar-refractivity contribution in [2.75, 3.05) is 0 Å². The first-order chi connectivity index (χ1) is 9.02. The standard InChI is InChI=1S/C8H6O4.C7H8.Na/c9-7(10)5-3-1-2-4-6(5)8(11)12;1-7-5-3-2-4-6-7;/h1-4H,(H,9,10)(H,11,12);2-6H,1H3;/q;;+1/p-1. The summed E-state index contributed by atoms with van der Waals surface area (Å²) in [6, 6.07) is 15.6. The summed E-state index contributed by atoms with van der Waals surface area (Å²) in [4.78, 5) is 20.8. The average Bonchev–Trinajstić information content (AvgIpc) is 2.40. The van der Waals surface area contributed by atoms with Crippen LogP contribution in [0.1, 0.15) is 26.3 Å². The van der Waals surface area contributed by atoms with Gasteiger partial charge >= 0.3 is 35.5 Å². The topological polar surface area (TPSA) is 77.4 Å². The number of hydrogen-bond donors (Lipinski definition) is 1. The van der Waals surface area contributed by atoms with E-state index in [4.69, 9.17) is 5.11 Å². The first-order valence-corrected chi connectivity index (χ1v) is 5.57. The molecule has 98 valence electrons. The van der Waals surface area contributed by atoms with Crippen molar-refractivity contribution in [3.8, 4) is 0 Å². The Bertz CT molecular complexity index is 534. The molecule has 1 N–H and O–H groups in total. The molecule has 0 heterocycles. The Morgan fingerprint density at radius 3 is 1.65 bits per heavy atom. The van der Waals surface area contributed by atoms with Crippen molar-refractivity contribution in [3.63, 3.8) is 0 Å². The summed E-state index contributed by atoms with van der Waals surface area (Å²) in [7, 11) is 0. The number of benzene rings is 2. The van der Waals surface area contributed by atoms with Gasteiger partial charge in [0.15, 0.2) is 0 Å². The second kappa shape index (κ2) is 9.31. The molecule has 2 aromatic carbocycles. The van der Waals surface area contributed by atoms with Crippen LogP contribution in [0.4, 0.5) is 0 Å². The van der Waals surface area contributed by atoms with E-state index < -0.39 is 11.9 Å². The fourth-order valence-electron chi connectivity index (χ4n) is 1.38. The number of carbonyl (C=O) groups is 2. The fraction of sp³-hybridized carbons (Fsp3) is 0.0667. The van der Waals surface area contributed by atoms with Crippen molar-refractivity contribution in [3.05, 3.63) is 71.3 Å². The van der Waals surface area contributed by atoms with E-state index in [1.807, 2.05) is 18.2 Å². The molecule has 2 rings (SSSR count). The van der Waals surface area contributed by atoms with Crippen molar-refractivity contribution in [2.24, 2.45) is 0 Å². The van der Waals surface area contributed by atoms with Crippen molar-refractivity contribution >= 4 is 11.9 Å². The summed E-state index contributed by atoms with van der Waals surface area (Å²) in [6.45, 7) is 2.08. The molecule has 0 atom stereocenters. The number of hydrogen-bond acceptors (Lipinski definition) is 3. The van der Waals surface area contributed by atoms with E-state index in [2.05, 4.69) is 19.1 Å². The molecule has 0 saturated carbocycles. The largest absolute Gasteiger partial charge is 1.00 e. The fourth-order valence-corrected chi connectivity index (χ4v) is 1.38. The first-order valence-electron chi connectivity index (χ1n) is 5.57. The van der Waals surface area contributed by atoms with Crippen LogP contribution in [-0.4, -0.2) is 17.0 Å². The van der Waals surface area contributed by atoms with Crippen LogP contribution >= 0.6 is 0 Å². The summed E-state index contributed by atoms with van der Waals surface area (Å²) in [5.41, 5.74) is 0.769. The molecular formula is C15H13NaO4. The molecule has 0 fully saturated rings. The number of carboxylic acid groups (broad SMARTS) is 2. The molecule has 0 aliphatic heterocycles. The summed E-state index contributed by atoms with van der Waals surface area (Å²) in [5.74, 6) is -2.75. The van der Waals surface area contributed by atoms with Crippen LogP contribution < -0.4 is 34.7 Å². The Balaban J connectivity index is 0.000000387. The molecular weight excluding hydrogens is 267 g/mol. The Morgan fingerprint density at radius 1 is 0.900 bits per heavy atom. The molecule has 0 amide bonds. The van der Waals surface area contributed by atoms with Gasteiger partial charge in [0.25, 0.3) is 0 Å². The molecule has 5 heteroatoms. The second-order valence-corrected chi connectivity index (χ2v) is 3.79. The minimum atomic E-state index is -1.48. The van der Waals surface area contributed by atoms with Crippen LogP contribution in [0.2, 0.25) is 0 Å². The Labute approximate surface area is 139 Å². The van der Waals surface area contributed by atoms with Gasteiger partial charge in [-0.1, -0.05) is 54.1 Å². The maximum atomic E-state index is 10.4. The zero-order valence-corrected chi connectivity index (χ0v) is 13.4. The van der Waals surface area contributed by atoms with Gasteiger partial charge < -0.3 is 15.0 Å². The maximum Gasteiger partial charge on any atom is 1.00 e. The van der Waals surface area contributed by atoms with E-state index in [9.17, 15) is 14.7 Å². The molecule has 0 spiro atoms. The normalized spacial score (nSPS) is 8.65. The minimum absolute atomic E-state index is 0. The predicted octanol–water partition coefficient (Wildman–Crippen LogP) is -1.25. The molecule has 0 bridgehead atoms. The SMILES string of the molecule is Cc1ccccc1.O=C([O-])c1ccccc1C(=O)O.[Na+]. The zero-order valence-electron chi connectivity index (χ0n) is 11.4. The monoisotopic (exact) mass is 280 g/mol. The summed E-state index contributed by atoms with van der Waals surface area (Å²) in [5, 5.41) is 18.9. The molecule has 4 nitrogen and oxygen atoms in total.